The van der Waals surface area contributed by atoms with Crippen LogP contribution in [-0.2, 0) is 0 Å². The summed E-state index contributed by atoms with van der Waals surface area (Å²) in [7, 11) is 0. The molecule has 0 aliphatic carbocycles. The van der Waals surface area contributed by atoms with Crippen molar-refractivity contribution in [1.82, 2.24) is 15.2 Å². The summed E-state index contributed by atoms with van der Waals surface area (Å²) in [6.07, 6.45) is 1.49. The number of pyridine rings is 1. The van der Waals surface area contributed by atoms with E-state index in [1.54, 1.807) is 6.07 Å². The van der Waals surface area contributed by atoms with Gasteiger partial charge in [0.2, 0.25) is 5.43 Å². The zero-order valence-corrected chi connectivity index (χ0v) is 16.2. The molecule has 1 amide bonds. The molecule has 0 atom stereocenters. The van der Waals surface area contributed by atoms with Crippen molar-refractivity contribution < 1.29 is 4.79 Å². The van der Waals surface area contributed by atoms with Gasteiger partial charge in [-0.1, -0.05) is 13.8 Å². The first kappa shape index (κ1) is 19.9. The molecule has 0 saturated carbocycles. The zero-order valence-electron chi connectivity index (χ0n) is 13.2. The van der Waals surface area contributed by atoms with Crippen LogP contribution in [0.5, 0.6) is 0 Å². The fraction of sp³-hybridized carbons (Fsp3) is 0.375. The molecule has 0 fully saturated rings. The van der Waals surface area contributed by atoms with E-state index < -0.39 is 0 Å². The molecule has 2 N–H and O–H groups in total. The summed E-state index contributed by atoms with van der Waals surface area (Å²) in [5.41, 5.74) is 0.673. The number of halogens is 2. The molecule has 0 radical (unpaired) electrons. The molecule has 23 heavy (non-hydrogen) atoms. The van der Waals surface area contributed by atoms with E-state index in [0.717, 1.165) is 28.7 Å². The van der Waals surface area contributed by atoms with E-state index in [0.29, 0.717) is 11.9 Å². The van der Waals surface area contributed by atoms with Gasteiger partial charge in [0.1, 0.15) is 5.56 Å². The highest BCUT2D eigenvalue weighted by Crippen LogP contribution is 2.12. The van der Waals surface area contributed by atoms with Crippen molar-refractivity contribution >= 4 is 51.8 Å². The van der Waals surface area contributed by atoms with E-state index >= 15 is 0 Å². The van der Waals surface area contributed by atoms with Crippen molar-refractivity contribution in [2.45, 2.75) is 13.8 Å². The summed E-state index contributed by atoms with van der Waals surface area (Å²) in [6.45, 7) is 7.37. The van der Waals surface area contributed by atoms with Gasteiger partial charge in [-0.15, -0.1) is 12.4 Å². The van der Waals surface area contributed by atoms with Gasteiger partial charge < -0.3 is 15.2 Å². The third-order valence-electron chi connectivity index (χ3n) is 3.70. The molecule has 0 unspecified atom stereocenters. The number of nitrogens with zero attached hydrogens (tertiary/aromatic N) is 1. The molecule has 0 bridgehead atoms. The van der Waals surface area contributed by atoms with Crippen LogP contribution in [0, 0.1) is 3.57 Å². The first-order chi connectivity index (χ1) is 10.6. The predicted octanol–water partition coefficient (Wildman–Crippen LogP) is 2.63. The van der Waals surface area contributed by atoms with Crippen molar-refractivity contribution in [3.05, 3.63) is 43.8 Å². The van der Waals surface area contributed by atoms with Crippen LogP contribution in [0.15, 0.2) is 29.2 Å². The highest BCUT2D eigenvalue weighted by Gasteiger charge is 2.13. The molecule has 126 valence electrons. The molecule has 0 aliphatic rings. The Morgan fingerprint density at radius 2 is 2.00 bits per heavy atom. The van der Waals surface area contributed by atoms with Crippen LogP contribution in [0.25, 0.3) is 10.9 Å². The van der Waals surface area contributed by atoms with Crippen LogP contribution in [0.2, 0.25) is 0 Å². The number of H-pyrrole nitrogens is 1. The second-order valence-corrected chi connectivity index (χ2v) is 6.25. The molecular formula is C16H21ClIN3O2. The quantitative estimate of drug-likeness (QED) is 0.669. The summed E-state index contributed by atoms with van der Waals surface area (Å²) < 4.78 is 0.967. The molecule has 1 aromatic heterocycles. The van der Waals surface area contributed by atoms with E-state index in [9.17, 15) is 9.59 Å². The zero-order chi connectivity index (χ0) is 16.1. The first-order valence-corrected chi connectivity index (χ1v) is 8.46. The van der Waals surface area contributed by atoms with Crippen LogP contribution < -0.4 is 10.7 Å². The Labute approximate surface area is 155 Å². The molecule has 0 saturated heterocycles. The summed E-state index contributed by atoms with van der Waals surface area (Å²) in [6, 6.07) is 5.56. The Morgan fingerprint density at radius 1 is 1.30 bits per heavy atom. The Balaban J connectivity index is 0.00000264. The monoisotopic (exact) mass is 447 g/mol. The first-order valence-electron chi connectivity index (χ1n) is 7.38. The second-order valence-electron chi connectivity index (χ2n) is 5.00. The van der Waals surface area contributed by atoms with Crippen molar-refractivity contribution in [1.29, 1.82) is 0 Å². The van der Waals surface area contributed by atoms with Crippen LogP contribution in [0.3, 0.4) is 0 Å². The van der Waals surface area contributed by atoms with Gasteiger partial charge in [0, 0.05) is 33.8 Å². The Kier molecular flexibility index (Phi) is 8.01. The van der Waals surface area contributed by atoms with Gasteiger partial charge in [0.05, 0.1) is 0 Å². The lowest BCUT2D eigenvalue weighted by Crippen LogP contribution is -2.36. The topological polar surface area (TPSA) is 65.2 Å². The van der Waals surface area contributed by atoms with E-state index in [-0.39, 0.29) is 29.3 Å². The molecule has 1 heterocycles. The number of fused-ring (bicyclic) bond motifs is 1. The largest absolute Gasteiger partial charge is 0.360 e. The molecule has 7 heteroatoms. The van der Waals surface area contributed by atoms with Crippen molar-refractivity contribution in [2.24, 2.45) is 0 Å². The molecule has 2 aromatic rings. The fourth-order valence-corrected chi connectivity index (χ4v) is 2.81. The SMILES string of the molecule is CCN(CC)CCNC(=O)c1c[nH]c2ccc([125I])cc2c1=O.Cl. The molecule has 0 spiro atoms. The van der Waals surface area contributed by atoms with Crippen LogP contribution in [-0.4, -0.2) is 42.0 Å². The van der Waals surface area contributed by atoms with Crippen molar-refractivity contribution in [2.75, 3.05) is 26.2 Å². The number of rotatable bonds is 6. The minimum absolute atomic E-state index is 0. The standard InChI is InChI=1S/C16H20IN3O2.ClH/c1-3-20(4-2)8-7-18-16(22)13-10-19-14-6-5-11(17)9-12(14)15(13)21;/h5-6,9-10H,3-4,7-8H2,1-2H3,(H,18,22)(H,19,21);1H/i17-2;. The number of aromatic amines is 1. The van der Waals surface area contributed by atoms with Gasteiger partial charge in [0.15, 0.2) is 0 Å². The van der Waals surface area contributed by atoms with Gasteiger partial charge >= 0.3 is 0 Å². The minimum atomic E-state index is -0.325. The smallest absolute Gasteiger partial charge is 0.256 e. The fourth-order valence-electron chi connectivity index (χ4n) is 2.32. The van der Waals surface area contributed by atoms with Crippen molar-refractivity contribution in [3.63, 3.8) is 0 Å². The second kappa shape index (κ2) is 9.24. The third kappa shape index (κ3) is 4.92. The number of hydrogen-bond donors (Lipinski definition) is 2. The van der Waals surface area contributed by atoms with Crippen molar-refractivity contribution in [3.8, 4) is 0 Å². The van der Waals surface area contributed by atoms with Gasteiger partial charge in [-0.2, -0.15) is 0 Å². The molecule has 2 rings (SSSR count). The molecular weight excluding hydrogens is 427 g/mol. The summed E-state index contributed by atoms with van der Waals surface area (Å²) in [4.78, 5) is 29.9. The van der Waals surface area contributed by atoms with E-state index in [1.165, 1.54) is 6.20 Å². The maximum atomic E-state index is 12.4. The Hall–Kier alpha value is -1.12. The van der Waals surface area contributed by atoms with E-state index in [4.69, 9.17) is 0 Å². The highest BCUT2D eigenvalue weighted by atomic mass is 125. The van der Waals surface area contributed by atoms with Crippen LogP contribution in [0.1, 0.15) is 24.2 Å². The lowest BCUT2D eigenvalue weighted by Gasteiger charge is -2.17. The lowest BCUT2D eigenvalue weighted by atomic mass is 10.1. The summed E-state index contributed by atoms with van der Waals surface area (Å²) in [5.74, 6) is -0.325. The maximum absolute atomic E-state index is 12.4. The van der Waals surface area contributed by atoms with Crippen LogP contribution >= 0.6 is 35.0 Å². The Morgan fingerprint density at radius 3 is 2.65 bits per heavy atom. The number of benzene rings is 1. The number of amides is 1. The Bertz CT molecular complexity index is 729. The number of carbonyl (C=O) groups is 1. The molecule has 0 aliphatic heterocycles. The number of hydrogen-bond acceptors (Lipinski definition) is 3. The predicted molar refractivity (Wildman–Crippen MR) is 105 cm³/mol. The minimum Gasteiger partial charge on any atom is -0.360 e. The number of likely N-dealkylation sites (N-methyl/N-ethyl adjacent to an activating group) is 1. The molecule has 5 nitrogen and oxygen atoms in total. The van der Waals surface area contributed by atoms with Gasteiger partial charge in [-0.05, 0) is 53.9 Å². The van der Waals surface area contributed by atoms with Gasteiger partial charge in [-0.25, -0.2) is 0 Å². The molecule has 1 aromatic carbocycles. The number of nitrogens with one attached hydrogen (secondary N) is 2. The summed E-state index contributed by atoms with van der Waals surface area (Å²) in [5, 5.41) is 3.36. The van der Waals surface area contributed by atoms with Gasteiger partial charge in [-0.3, -0.25) is 9.59 Å². The van der Waals surface area contributed by atoms with Gasteiger partial charge in [0.25, 0.3) is 5.91 Å². The van der Waals surface area contributed by atoms with E-state index in [2.05, 4.69) is 51.6 Å². The maximum Gasteiger partial charge on any atom is 0.256 e. The van der Waals surface area contributed by atoms with E-state index in [1.807, 2.05) is 12.1 Å². The normalized spacial score (nSPS) is 10.6. The lowest BCUT2D eigenvalue weighted by molar-refractivity contribution is 0.0947. The average Bonchev–Trinajstić information content (AvgIpc) is 2.52. The van der Waals surface area contributed by atoms with Crippen LogP contribution in [0.4, 0.5) is 0 Å². The number of carbonyl (C=O) groups excluding carboxylic acids is 1. The highest BCUT2D eigenvalue weighted by molar-refractivity contribution is 14.1. The number of aromatic nitrogens is 1. The average molecular weight is 448 g/mol. The summed E-state index contributed by atoms with van der Waals surface area (Å²) >= 11 is 2.15. The third-order valence-corrected chi connectivity index (χ3v) is 4.37.